The van der Waals surface area contributed by atoms with E-state index < -0.39 is 0 Å². The summed E-state index contributed by atoms with van der Waals surface area (Å²) in [4.78, 5) is 16.5. The number of benzene rings is 2. The molecule has 0 fully saturated rings. The molecular weight excluding hydrogens is 338 g/mol. The molecule has 1 amide bonds. The number of aromatic nitrogens is 1. The van der Waals surface area contributed by atoms with E-state index in [1.807, 2.05) is 67.6 Å². The van der Waals surface area contributed by atoms with Crippen molar-refractivity contribution < 1.29 is 9.53 Å². The topological polar surface area (TPSA) is 63.2 Å². The summed E-state index contributed by atoms with van der Waals surface area (Å²) >= 11 is 0. The molecule has 0 radical (unpaired) electrons. The third-order valence-electron chi connectivity index (χ3n) is 4.15. The van der Waals surface area contributed by atoms with Crippen LogP contribution in [-0.2, 0) is 17.8 Å². The van der Waals surface area contributed by atoms with Gasteiger partial charge in [0.25, 0.3) is 0 Å². The molecular formula is C22H23N3O2. The summed E-state index contributed by atoms with van der Waals surface area (Å²) in [5.74, 6) is 1.51. The molecule has 0 atom stereocenters. The van der Waals surface area contributed by atoms with Gasteiger partial charge in [-0.1, -0.05) is 48.0 Å². The Morgan fingerprint density at radius 1 is 1.07 bits per heavy atom. The summed E-state index contributed by atoms with van der Waals surface area (Å²) in [5.41, 5.74) is 3.87. The molecule has 0 saturated heterocycles. The van der Waals surface area contributed by atoms with Crippen molar-refractivity contribution in [3.8, 4) is 5.75 Å². The molecule has 1 aromatic heterocycles. The van der Waals surface area contributed by atoms with E-state index in [1.165, 1.54) is 0 Å². The van der Waals surface area contributed by atoms with E-state index in [0.29, 0.717) is 18.7 Å². The van der Waals surface area contributed by atoms with Gasteiger partial charge in [-0.3, -0.25) is 4.79 Å². The summed E-state index contributed by atoms with van der Waals surface area (Å²) in [6.45, 7) is 2.62. The summed E-state index contributed by atoms with van der Waals surface area (Å²) in [7, 11) is 1.66. The molecule has 0 aliphatic carbocycles. The number of aryl methyl sites for hydroxylation is 1. The fraction of sp³-hybridized carbons (Fsp3) is 0.182. The molecule has 0 aliphatic heterocycles. The number of methoxy groups -OCH3 is 1. The maximum Gasteiger partial charge on any atom is 0.228 e. The largest absolute Gasteiger partial charge is 0.496 e. The van der Waals surface area contributed by atoms with Crippen molar-refractivity contribution in [2.24, 2.45) is 0 Å². The fourth-order valence-electron chi connectivity index (χ4n) is 2.82. The minimum Gasteiger partial charge on any atom is -0.496 e. The number of hydrogen-bond acceptors (Lipinski definition) is 4. The van der Waals surface area contributed by atoms with Crippen LogP contribution in [0, 0.1) is 6.92 Å². The molecule has 0 bridgehead atoms. The van der Waals surface area contributed by atoms with E-state index in [-0.39, 0.29) is 5.91 Å². The first-order valence-electron chi connectivity index (χ1n) is 8.81. The van der Waals surface area contributed by atoms with Crippen molar-refractivity contribution in [1.29, 1.82) is 0 Å². The Kier molecular flexibility index (Phi) is 6.05. The lowest BCUT2D eigenvalue weighted by molar-refractivity contribution is -0.115. The highest BCUT2D eigenvalue weighted by molar-refractivity contribution is 5.92. The van der Waals surface area contributed by atoms with Gasteiger partial charge in [0, 0.05) is 12.1 Å². The van der Waals surface area contributed by atoms with Gasteiger partial charge in [0.15, 0.2) is 0 Å². The smallest absolute Gasteiger partial charge is 0.228 e. The number of anilines is 2. The van der Waals surface area contributed by atoms with Gasteiger partial charge in [0.1, 0.15) is 11.6 Å². The van der Waals surface area contributed by atoms with Crippen LogP contribution in [0.5, 0.6) is 5.75 Å². The fourth-order valence-corrected chi connectivity index (χ4v) is 2.82. The second-order valence-corrected chi connectivity index (χ2v) is 6.31. The number of carbonyl (C=O) groups is 1. The van der Waals surface area contributed by atoms with Crippen LogP contribution in [0.25, 0.3) is 0 Å². The molecule has 0 saturated carbocycles. The van der Waals surface area contributed by atoms with Crippen LogP contribution in [-0.4, -0.2) is 18.0 Å². The summed E-state index contributed by atoms with van der Waals surface area (Å²) < 4.78 is 5.34. The number of pyridine rings is 1. The Bertz CT molecular complexity index is 907. The van der Waals surface area contributed by atoms with E-state index in [4.69, 9.17) is 4.74 Å². The van der Waals surface area contributed by atoms with Gasteiger partial charge in [-0.15, -0.1) is 0 Å². The SMILES string of the molecule is COc1ccccc1CNc1ccc(NC(=O)Cc2cccc(C)c2)cn1. The predicted molar refractivity (Wildman–Crippen MR) is 108 cm³/mol. The lowest BCUT2D eigenvalue weighted by Gasteiger charge is -2.10. The molecule has 5 heteroatoms. The molecule has 138 valence electrons. The van der Waals surface area contributed by atoms with Gasteiger partial charge in [-0.2, -0.15) is 0 Å². The monoisotopic (exact) mass is 361 g/mol. The van der Waals surface area contributed by atoms with E-state index >= 15 is 0 Å². The standard InChI is InChI=1S/C22H23N3O2/c1-16-6-5-7-17(12-16)13-22(26)25-19-10-11-21(24-15-19)23-14-18-8-3-4-9-20(18)27-2/h3-12,15H,13-14H2,1-2H3,(H,23,24)(H,25,26). The number of hydrogen-bond donors (Lipinski definition) is 2. The van der Waals surface area contributed by atoms with Crippen molar-refractivity contribution in [3.63, 3.8) is 0 Å². The zero-order chi connectivity index (χ0) is 19.1. The van der Waals surface area contributed by atoms with E-state index in [9.17, 15) is 4.79 Å². The molecule has 2 aromatic carbocycles. The highest BCUT2D eigenvalue weighted by atomic mass is 16.5. The van der Waals surface area contributed by atoms with E-state index in [0.717, 1.165) is 28.3 Å². The van der Waals surface area contributed by atoms with Crippen LogP contribution in [0.4, 0.5) is 11.5 Å². The normalized spacial score (nSPS) is 10.3. The predicted octanol–water partition coefficient (Wildman–Crippen LogP) is 4.19. The van der Waals surface area contributed by atoms with Gasteiger partial charge < -0.3 is 15.4 Å². The first-order valence-corrected chi connectivity index (χ1v) is 8.81. The molecule has 0 spiro atoms. The number of carbonyl (C=O) groups excluding carboxylic acids is 1. The molecule has 3 rings (SSSR count). The van der Waals surface area contributed by atoms with Crippen LogP contribution >= 0.6 is 0 Å². The molecule has 0 unspecified atom stereocenters. The Hall–Kier alpha value is -3.34. The number of nitrogens with one attached hydrogen (secondary N) is 2. The van der Waals surface area contributed by atoms with Gasteiger partial charge in [0.05, 0.1) is 25.4 Å². The van der Waals surface area contributed by atoms with Crippen molar-refractivity contribution in [2.45, 2.75) is 19.9 Å². The number of nitrogens with zero attached hydrogens (tertiary/aromatic N) is 1. The quantitative estimate of drug-likeness (QED) is 0.662. The molecule has 27 heavy (non-hydrogen) atoms. The minimum atomic E-state index is -0.0582. The average Bonchev–Trinajstić information content (AvgIpc) is 2.67. The second-order valence-electron chi connectivity index (χ2n) is 6.31. The number of para-hydroxylation sites is 1. The molecule has 1 heterocycles. The third kappa shape index (κ3) is 5.31. The summed E-state index contributed by atoms with van der Waals surface area (Å²) in [6, 6.07) is 19.5. The highest BCUT2D eigenvalue weighted by Gasteiger charge is 2.06. The first-order chi connectivity index (χ1) is 13.1. The first kappa shape index (κ1) is 18.5. The van der Waals surface area contributed by atoms with E-state index in [2.05, 4.69) is 15.6 Å². The minimum absolute atomic E-state index is 0.0582. The van der Waals surface area contributed by atoms with Crippen LogP contribution in [0.1, 0.15) is 16.7 Å². The zero-order valence-corrected chi connectivity index (χ0v) is 15.5. The number of rotatable bonds is 7. The van der Waals surface area contributed by atoms with Gasteiger partial charge in [-0.25, -0.2) is 4.98 Å². The number of amides is 1. The van der Waals surface area contributed by atoms with Crippen LogP contribution in [0.2, 0.25) is 0 Å². The van der Waals surface area contributed by atoms with Crippen molar-refractivity contribution >= 4 is 17.4 Å². The van der Waals surface area contributed by atoms with Crippen LogP contribution in [0.15, 0.2) is 66.9 Å². The Morgan fingerprint density at radius 3 is 2.67 bits per heavy atom. The molecule has 5 nitrogen and oxygen atoms in total. The maximum atomic E-state index is 12.2. The van der Waals surface area contributed by atoms with Crippen molar-refractivity contribution in [1.82, 2.24) is 4.98 Å². The van der Waals surface area contributed by atoms with Crippen LogP contribution in [0.3, 0.4) is 0 Å². The lowest BCUT2D eigenvalue weighted by Crippen LogP contribution is -2.14. The third-order valence-corrected chi connectivity index (χ3v) is 4.15. The number of ether oxygens (including phenoxy) is 1. The van der Waals surface area contributed by atoms with Gasteiger partial charge >= 0.3 is 0 Å². The lowest BCUT2D eigenvalue weighted by atomic mass is 10.1. The molecule has 2 N–H and O–H groups in total. The van der Waals surface area contributed by atoms with Gasteiger partial charge in [0.2, 0.25) is 5.91 Å². The Morgan fingerprint density at radius 2 is 1.93 bits per heavy atom. The second kappa shape index (κ2) is 8.85. The average molecular weight is 361 g/mol. The Labute approximate surface area is 159 Å². The Balaban J connectivity index is 1.54. The highest BCUT2D eigenvalue weighted by Crippen LogP contribution is 2.19. The summed E-state index contributed by atoms with van der Waals surface area (Å²) in [6.07, 6.45) is 1.99. The van der Waals surface area contributed by atoms with Crippen molar-refractivity contribution in [2.75, 3.05) is 17.7 Å². The van der Waals surface area contributed by atoms with Crippen molar-refractivity contribution in [3.05, 3.63) is 83.6 Å². The van der Waals surface area contributed by atoms with E-state index in [1.54, 1.807) is 13.3 Å². The summed E-state index contributed by atoms with van der Waals surface area (Å²) in [5, 5.41) is 6.14. The van der Waals surface area contributed by atoms with Gasteiger partial charge in [-0.05, 0) is 30.7 Å². The molecule has 0 aliphatic rings. The zero-order valence-electron chi connectivity index (χ0n) is 15.5. The van der Waals surface area contributed by atoms with Crippen LogP contribution < -0.4 is 15.4 Å². The molecule has 3 aromatic rings. The maximum absolute atomic E-state index is 12.2.